The van der Waals surface area contributed by atoms with Gasteiger partial charge in [0.25, 0.3) is 0 Å². The number of nitrogens with one attached hydrogen (secondary N) is 1. The number of aromatic carboxylic acids is 1. The zero-order valence-corrected chi connectivity index (χ0v) is 10.7. The molecule has 1 rings (SSSR count). The van der Waals surface area contributed by atoms with Crippen molar-refractivity contribution in [1.29, 1.82) is 0 Å². The molecule has 0 atom stereocenters. The van der Waals surface area contributed by atoms with E-state index >= 15 is 0 Å². The van der Waals surface area contributed by atoms with Crippen molar-refractivity contribution in [3.63, 3.8) is 0 Å². The van der Waals surface area contributed by atoms with E-state index in [0.717, 1.165) is 5.69 Å². The molecule has 1 aromatic rings. The highest BCUT2D eigenvalue weighted by molar-refractivity contribution is 9.10. The van der Waals surface area contributed by atoms with Crippen molar-refractivity contribution in [2.75, 3.05) is 31.7 Å². The monoisotopic (exact) mass is 303 g/mol. The molecule has 0 unspecified atom stereocenters. The van der Waals surface area contributed by atoms with Crippen LogP contribution in [0.5, 0.6) is 0 Å². The summed E-state index contributed by atoms with van der Waals surface area (Å²) in [6, 6.07) is 4.77. The number of aliphatic hydroxyl groups excluding tert-OH is 1. The minimum atomic E-state index is -0.955. The van der Waals surface area contributed by atoms with Gasteiger partial charge < -0.3 is 20.3 Å². The number of anilines is 1. The van der Waals surface area contributed by atoms with Crippen LogP contribution in [-0.2, 0) is 4.74 Å². The summed E-state index contributed by atoms with van der Waals surface area (Å²) in [5.74, 6) is -0.955. The molecule has 5 nitrogen and oxygen atoms in total. The van der Waals surface area contributed by atoms with Crippen LogP contribution < -0.4 is 5.32 Å². The van der Waals surface area contributed by atoms with Crippen LogP contribution in [0.25, 0.3) is 0 Å². The van der Waals surface area contributed by atoms with E-state index in [0.29, 0.717) is 24.2 Å². The molecule has 1 aromatic carbocycles. The predicted molar refractivity (Wildman–Crippen MR) is 67.5 cm³/mol. The Kier molecular flexibility index (Phi) is 5.96. The van der Waals surface area contributed by atoms with E-state index in [1.165, 1.54) is 6.07 Å². The standard InChI is InChI=1S/C11H14BrNO4/c12-9-7-8(11(15)16)1-2-10(9)13-3-5-17-6-4-14/h1-2,7,13-14H,3-6H2,(H,15,16). The lowest BCUT2D eigenvalue weighted by Gasteiger charge is -2.09. The van der Waals surface area contributed by atoms with Crippen molar-refractivity contribution in [2.45, 2.75) is 0 Å². The molecule has 0 spiro atoms. The lowest BCUT2D eigenvalue weighted by Crippen LogP contribution is -2.11. The van der Waals surface area contributed by atoms with Gasteiger partial charge in [0, 0.05) is 16.7 Å². The minimum Gasteiger partial charge on any atom is -0.478 e. The summed E-state index contributed by atoms with van der Waals surface area (Å²) in [6.07, 6.45) is 0. The molecule has 0 aliphatic rings. The van der Waals surface area contributed by atoms with Gasteiger partial charge in [-0.2, -0.15) is 0 Å². The third-order valence-corrected chi connectivity index (χ3v) is 2.67. The Morgan fingerprint density at radius 3 is 2.76 bits per heavy atom. The first-order valence-electron chi connectivity index (χ1n) is 5.10. The highest BCUT2D eigenvalue weighted by atomic mass is 79.9. The highest BCUT2D eigenvalue weighted by Gasteiger charge is 2.05. The molecule has 0 amide bonds. The fourth-order valence-corrected chi connectivity index (χ4v) is 1.73. The summed E-state index contributed by atoms with van der Waals surface area (Å²) in [5.41, 5.74) is 1.04. The van der Waals surface area contributed by atoms with Crippen LogP contribution in [0.2, 0.25) is 0 Å². The molecule has 3 N–H and O–H groups in total. The normalized spacial score (nSPS) is 10.2. The van der Waals surface area contributed by atoms with Gasteiger partial charge in [0.05, 0.1) is 25.4 Å². The maximum absolute atomic E-state index is 10.7. The predicted octanol–water partition coefficient (Wildman–Crippen LogP) is 1.57. The van der Waals surface area contributed by atoms with E-state index in [1.807, 2.05) is 0 Å². The van der Waals surface area contributed by atoms with Gasteiger partial charge in [0.2, 0.25) is 0 Å². The molecule has 0 saturated carbocycles. The number of benzene rings is 1. The van der Waals surface area contributed by atoms with Crippen LogP contribution in [0, 0.1) is 0 Å². The van der Waals surface area contributed by atoms with Gasteiger partial charge in [-0.05, 0) is 34.1 Å². The second kappa shape index (κ2) is 7.26. The Hall–Kier alpha value is -1.11. The quantitative estimate of drug-likeness (QED) is 0.666. The first-order valence-corrected chi connectivity index (χ1v) is 5.89. The maximum atomic E-state index is 10.7. The van der Waals surface area contributed by atoms with Gasteiger partial charge in [-0.15, -0.1) is 0 Å². The number of carboxylic acid groups (broad SMARTS) is 1. The molecule has 0 radical (unpaired) electrons. The Morgan fingerprint density at radius 2 is 2.18 bits per heavy atom. The van der Waals surface area contributed by atoms with Crippen LogP contribution in [0.1, 0.15) is 10.4 Å². The second-order valence-corrected chi connectivity index (χ2v) is 4.12. The molecule has 94 valence electrons. The Morgan fingerprint density at radius 1 is 1.41 bits per heavy atom. The Balaban J connectivity index is 2.46. The Labute approximate surface area is 108 Å². The van der Waals surface area contributed by atoms with Crippen LogP contribution in [0.15, 0.2) is 22.7 Å². The highest BCUT2D eigenvalue weighted by Crippen LogP contribution is 2.23. The molecule has 0 aromatic heterocycles. The van der Waals surface area contributed by atoms with Gasteiger partial charge in [0.15, 0.2) is 0 Å². The van der Waals surface area contributed by atoms with Crippen molar-refractivity contribution >= 4 is 27.6 Å². The maximum Gasteiger partial charge on any atom is 0.335 e. The fraction of sp³-hybridized carbons (Fsp3) is 0.364. The van der Waals surface area contributed by atoms with Crippen LogP contribution in [0.3, 0.4) is 0 Å². The smallest absolute Gasteiger partial charge is 0.335 e. The summed E-state index contributed by atoms with van der Waals surface area (Å²) in [6.45, 7) is 1.40. The topological polar surface area (TPSA) is 78.8 Å². The zero-order chi connectivity index (χ0) is 12.7. The zero-order valence-electron chi connectivity index (χ0n) is 9.15. The van der Waals surface area contributed by atoms with Gasteiger partial charge in [-0.3, -0.25) is 0 Å². The molecule has 0 fully saturated rings. The molecule has 0 aliphatic heterocycles. The first kappa shape index (κ1) is 14.0. The van der Waals surface area contributed by atoms with E-state index in [1.54, 1.807) is 12.1 Å². The fourth-order valence-electron chi connectivity index (χ4n) is 1.22. The Bertz CT molecular complexity index is 384. The number of rotatable bonds is 7. The number of carboxylic acids is 1. The van der Waals surface area contributed by atoms with Crippen molar-refractivity contribution in [3.05, 3.63) is 28.2 Å². The van der Waals surface area contributed by atoms with E-state index in [-0.39, 0.29) is 12.2 Å². The van der Waals surface area contributed by atoms with E-state index in [4.69, 9.17) is 14.9 Å². The second-order valence-electron chi connectivity index (χ2n) is 3.26. The molecule has 17 heavy (non-hydrogen) atoms. The molecule has 0 heterocycles. The van der Waals surface area contributed by atoms with E-state index < -0.39 is 5.97 Å². The first-order chi connectivity index (χ1) is 8.15. The number of aliphatic hydroxyl groups is 1. The molecule has 6 heteroatoms. The summed E-state index contributed by atoms with van der Waals surface area (Å²) in [5, 5.41) is 20.4. The molecule has 0 aliphatic carbocycles. The minimum absolute atomic E-state index is 0.0109. The largest absolute Gasteiger partial charge is 0.478 e. The third kappa shape index (κ3) is 4.72. The van der Waals surface area contributed by atoms with Crippen molar-refractivity contribution in [1.82, 2.24) is 0 Å². The number of hydrogen-bond acceptors (Lipinski definition) is 4. The van der Waals surface area contributed by atoms with Gasteiger partial charge in [-0.25, -0.2) is 4.79 Å². The number of halogens is 1. The summed E-state index contributed by atoms with van der Waals surface area (Å²) < 4.78 is 5.78. The summed E-state index contributed by atoms with van der Waals surface area (Å²) in [4.78, 5) is 10.7. The average Bonchev–Trinajstić information content (AvgIpc) is 2.30. The molecular formula is C11H14BrNO4. The SMILES string of the molecule is O=C(O)c1ccc(NCCOCCO)c(Br)c1. The summed E-state index contributed by atoms with van der Waals surface area (Å²) >= 11 is 3.29. The van der Waals surface area contributed by atoms with Crippen molar-refractivity contribution in [2.24, 2.45) is 0 Å². The van der Waals surface area contributed by atoms with Crippen LogP contribution >= 0.6 is 15.9 Å². The third-order valence-electron chi connectivity index (χ3n) is 2.01. The number of ether oxygens (including phenoxy) is 1. The van der Waals surface area contributed by atoms with E-state index in [9.17, 15) is 4.79 Å². The lowest BCUT2D eigenvalue weighted by molar-refractivity contribution is 0.0697. The number of hydrogen-bond donors (Lipinski definition) is 3. The van der Waals surface area contributed by atoms with E-state index in [2.05, 4.69) is 21.2 Å². The van der Waals surface area contributed by atoms with Gasteiger partial charge in [-0.1, -0.05) is 0 Å². The summed E-state index contributed by atoms with van der Waals surface area (Å²) in [7, 11) is 0. The molecule has 0 saturated heterocycles. The molecule has 0 bridgehead atoms. The van der Waals surface area contributed by atoms with Crippen molar-refractivity contribution < 1.29 is 19.7 Å². The number of carbonyl (C=O) groups is 1. The van der Waals surface area contributed by atoms with Gasteiger partial charge in [0.1, 0.15) is 0 Å². The van der Waals surface area contributed by atoms with Crippen molar-refractivity contribution in [3.8, 4) is 0 Å². The average molecular weight is 304 g/mol. The van der Waals surface area contributed by atoms with Gasteiger partial charge >= 0.3 is 5.97 Å². The lowest BCUT2D eigenvalue weighted by atomic mass is 10.2. The van der Waals surface area contributed by atoms with Crippen LogP contribution in [-0.4, -0.2) is 42.5 Å². The van der Waals surface area contributed by atoms with Crippen LogP contribution in [0.4, 0.5) is 5.69 Å². The molecular weight excluding hydrogens is 290 g/mol.